The van der Waals surface area contributed by atoms with E-state index in [2.05, 4.69) is 71.7 Å². The zero-order valence-corrected chi connectivity index (χ0v) is 12.3. The first-order valence-electron chi connectivity index (χ1n) is 7.68. The van der Waals surface area contributed by atoms with Gasteiger partial charge in [0.2, 0.25) is 0 Å². The number of aromatic nitrogens is 2. The van der Waals surface area contributed by atoms with Crippen LogP contribution in [0.25, 0.3) is 43.9 Å². The molecule has 0 atom stereocenters. The summed E-state index contributed by atoms with van der Waals surface area (Å²) in [5, 5.41) is 12.6. The van der Waals surface area contributed by atoms with Crippen molar-refractivity contribution in [1.29, 1.82) is 0 Å². The van der Waals surface area contributed by atoms with E-state index in [9.17, 15) is 0 Å². The molecule has 0 spiro atoms. The van der Waals surface area contributed by atoms with E-state index in [1.807, 2.05) is 0 Å². The normalized spacial score (nSPS) is 12.0. The van der Waals surface area contributed by atoms with Crippen LogP contribution in [-0.4, -0.2) is 10.2 Å². The first-order valence-corrected chi connectivity index (χ1v) is 7.68. The monoisotopic (exact) mass is 282 g/mol. The molecular weight excluding hydrogens is 268 g/mol. The predicted molar refractivity (Wildman–Crippen MR) is 90.9 cm³/mol. The van der Waals surface area contributed by atoms with E-state index in [0.29, 0.717) is 0 Å². The Labute approximate surface area is 128 Å². The van der Waals surface area contributed by atoms with Crippen LogP contribution in [0.1, 0.15) is 12.6 Å². The highest BCUT2D eigenvalue weighted by Gasteiger charge is 2.23. The number of nitrogens with zero attached hydrogens (tertiary/aromatic N) is 2. The van der Waals surface area contributed by atoms with Gasteiger partial charge in [0, 0.05) is 10.9 Å². The van der Waals surface area contributed by atoms with Gasteiger partial charge in [-0.2, -0.15) is 10.2 Å². The van der Waals surface area contributed by atoms with Crippen molar-refractivity contribution in [1.82, 2.24) is 10.2 Å². The van der Waals surface area contributed by atoms with Crippen LogP contribution in [0.4, 0.5) is 0 Å². The fourth-order valence-electron chi connectivity index (χ4n) is 3.61. The van der Waals surface area contributed by atoms with Crippen molar-refractivity contribution < 1.29 is 0 Å². The Hall–Kier alpha value is -2.74. The molecule has 1 heterocycles. The lowest BCUT2D eigenvalue weighted by Crippen LogP contribution is -1.93. The van der Waals surface area contributed by atoms with E-state index in [1.165, 1.54) is 38.4 Å². The van der Waals surface area contributed by atoms with Crippen LogP contribution in [0.15, 0.2) is 54.6 Å². The largest absolute Gasteiger partial charge is 0.155 e. The maximum absolute atomic E-state index is 4.46. The SMILES string of the molecule is CCc1cc2c3c4c(cccc4cc2nn1)-c1ccccc1-3. The quantitative estimate of drug-likeness (QED) is 0.405. The maximum Gasteiger partial charge on any atom is 0.0942 e. The van der Waals surface area contributed by atoms with Gasteiger partial charge in [0.1, 0.15) is 0 Å². The minimum Gasteiger partial charge on any atom is -0.155 e. The summed E-state index contributed by atoms with van der Waals surface area (Å²) in [7, 11) is 0. The van der Waals surface area contributed by atoms with Crippen molar-refractivity contribution in [2.24, 2.45) is 0 Å². The van der Waals surface area contributed by atoms with Crippen LogP contribution in [0, 0.1) is 0 Å². The van der Waals surface area contributed by atoms with Gasteiger partial charge in [-0.05, 0) is 46.0 Å². The van der Waals surface area contributed by atoms with Gasteiger partial charge in [0.05, 0.1) is 11.2 Å². The molecule has 5 rings (SSSR count). The van der Waals surface area contributed by atoms with E-state index < -0.39 is 0 Å². The summed E-state index contributed by atoms with van der Waals surface area (Å²) in [5.41, 5.74) is 7.32. The van der Waals surface area contributed by atoms with Crippen molar-refractivity contribution >= 4 is 21.7 Å². The molecule has 0 unspecified atom stereocenters. The molecule has 2 nitrogen and oxygen atoms in total. The number of aryl methyl sites for hydroxylation is 1. The molecule has 1 aromatic heterocycles. The number of hydrogen-bond donors (Lipinski definition) is 0. The van der Waals surface area contributed by atoms with Crippen molar-refractivity contribution in [3.63, 3.8) is 0 Å². The Morgan fingerprint density at radius 2 is 1.64 bits per heavy atom. The van der Waals surface area contributed by atoms with E-state index in [-0.39, 0.29) is 0 Å². The Morgan fingerprint density at radius 3 is 2.50 bits per heavy atom. The summed E-state index contributed by atoms with van der Waals surface area (Å²) in [5.74, 6) is 0. The molecule has 3 aromatic carbocycles. The van der Waals surface area contributed by atoms with Crippen LogP contribution < -0.4 is 0 Å². The summed E-state index contributed by atoms with van der Waals surface area (Å²) in [6.07, 6.45) is 0.906. The molecular formula is C20H14N2. The first kappa shape index (κ1) is 11.9. The lowest BCUT2D eigenvalue weighted by Gasteiger charge is -2.08. The first-order chi connectivity index (χ1) is 10.9. The predicted octanol–water partition coefficient (Wildman–Crippen LogP) is 4.99. The third kappa shape index (κ3) is 1.39. The molecule has 2 heteroatoms. The van der Waals surface area contributed by atoms with Crippen molar-refractivity contribution in [2.45, 2.75) is 13.3 Å². The third-order valence-electron chi connectivity index (χ3n) is 4.63. The summed E-state index contributed by atoms with van der Waals surface area (Å²) in [6, 6.07) is 19.5. The summed E-state index contributed by atoms with van der Waals surface area (Å²) >= 11 is 0. The topological polar surface area (TPSA) is 25.8 Å². The minimum absolute atomic E-state index is 0.906. The number of benzene rings is 3. The van der Waals surface area contributed by atoms with E-state index in [0.717, 1.165) is 17.6 Å². The van der Waals surface area contributed by atoms with Crippen LogP contribution in [0.5, 0.6) is 0 Å². The molecule has 1 aliphatic rings. The van der Waals surface area contributed by atoms with Crippen molar-refractivity contribution in [3.8, 4) is 22.3 Å². The van der Waals surface area contributed by atoms with Gasteiger partial charge in [-0.25, -0.2) is 0 Å². The lowest BCUT2D eigenvalue weighted by molar-refractivity contribution is 0.945. The fraction of sp³-hybridized carbons (Fsp3) is 0.100. The fourth-order valence-corrected chi connectivity index (χ4v) is 3.61. The van der Waals surface area contributed by atoms with Gasteiger partial charge in [0.15, 0.2) is 0 Å². The maximum atomic E-state index is 4.46. The van der Waals surface area contributed by atoms with Crippen LogP contribution in [0.3, 0.4) is 0 Å². The highest BCUT2D eigenvalue weighted by atomic mass is 15.1. The Bertz CT molecular complexity index is 1060. The highest BCUT2D eigenvalue weighted by Crippen LogP contribution is 2.49. The van der Waals surface area contributed by atoms with E-state index >= 15 is 0 Å². The highest BCUT2D eigenvalue weighted by molar-refractivity contribution is 6.23. The minimum atomic E-state index is 0.906. The molecule has 104 valence electrons. The second-order valence-corrected chi connectivity index (χ2v) is 5.82. The molecule has 22 heavy (non-hydrogen) atoms. The number of rotatable bonds is 1. The smallest absolute Gasteiger partial charge is 0.0942 e. The average molecular weight is 282 g/mol. The standard InChI is InChI=1S/C20H14N2/c1-2-13-11-17-18(22-21-13)10-12-6-5-9-15-14-7-3-4-8-16(14)20(17)19(12)15/h3-11H,2H2,1H3. The van der Waals surface area contributed by atoms with Gasteiger partial charge >= 0.3 is 0 Å². The molecule has 0 N–H and O–H groups in total. The molecule has 0 bridgehead atoms. The molecule has 0 aliphatic heterocycles. The van der Waals surface area contributed by atoms with Gasteiger partial charge in [-0.15, -0.1) is 0 Å². The summed E-state index contributed by atoms with van der Waals surface area (Å²) in [4.78, 5) is 0. The Morgan fingerprint density at radius 1 is 0.818 bits per heavy atom. The number of fused-ring (bicyclic) bond motifs is 5. The van der Waals surface area contributed by atoms with E-state index in [1.54, 1.807) is 0 Å². The molecule has 0 saturated heterocycles. The van der Waals surface area contributed by atoms with Crippen LogP contribution in [0.2, 0.25) is 0 Å². The molecule has 4 aromatic rings. The van der Waals surface area contributed by atoms with Crippen LogP contribution in [-0.2, 0) is 6.42 Å². The van der Waals surface area contributed by atoms with Gasteiger partial charge in [-0.1, -0.05) is 49.4 Å². The molecule has 0 radical (unpaired) electrons. The Balaban J connectivity index is 2.07. The zero-order valence-electron chi connectivity index (χ0n) is 12.3. The summed E-state index contributed by atoms with van der Waals surface area (Å²) < 4.78 is 0. The third-order valence-corrected chi connectivity index (χ3v) is 4.63. The van der Waals surface area contributed by atoms with Gasteiger partial charge in [-0.3, -0.25) is 0 Å². The summed E-state index contributed by atoms with van der Waals surface area (Å²) in [6.45, 7) is 2.12. The van der Waals surface area contributed by atoms with Gasteiger partial charge < -0.3 is 0 Å². The zero-order chi connectivity index (χ0) is 14.7. The molecule has 0 saturated carbocycles. The second-order valence-electron chi connectivity index (χ2n) is 5.82. The average Bonchev–Trinajstić information content (AvgIpc) is 2.92. The van der Waals surface area contributed by atoms with Crippen molar-refractivity contribution in [3.05, 3.63) is 60.3 Å². The van der Waals surface area contributed by atoms with Crippen molar-refractivity contribution in [2.75, 3.05) is 0 Å². The van der Waals surface area contributed by atoms with E-state index in [4.69, 9.17) is 0 Å². The molecule has 0 fully saturated rings. The molecule has 1 aliphatic carbocycles. The Kier molecular flexibility index (Phi) is 2.23. The number of hydrogen-bond acceptors (Lipinski definition) is 2. The van der Waals surface area contributed by atoms with Gasteiger partial charge in [0.25, 0.3) is 0 Å². The lowest BCUT2D eigenvalue weighted by atomic mass is 9.98. The molecule has 0 amide bonds. The second kappa shape index (κ2) is 4.14. The van der Waals surface area contributed by atoms with Crippen LogP contribution >= 0.6 is 0 Å².